The first-order valence-corrected chi connectivity index (χ1v) is 6.27. The van der Waals surface area contributed by atoms with Crippen LogP contribution in [0, 0.1) is 0 Å². The molecule has 0 radical (unpaired) electrons. The molecule has 1 aliphatic rings. The summed E-state index contributed by atoms with van der Waals surface area (Å²) in [5.41, 5.74) is 0.634. The van der Waals surface area contributed by atoms with Crippen molar-refractivity contribution in [1.82, 2.24) is 4.90 Å². The normalized spacial score (nSPS) is 20.4. The third-order valence-corrected chi connectivity index (χ3v) is 3.44. The largest absolute Gasteiger partial charge is 0.394 e. The summed E-state index contributed by atoms with van der Waals surface area (Å²) in [5.74, 6) is -0.0135. The molecule has 1 aromatic carbocycles. The molecule has 0 bridgehead atoms. The molecule has 1 fully saturated rings. The first-order chi connectivity index (χ1) is 8.22. The van der Waals surface area contributed by atoms with Crippen LogP contribution in [0.15, 0.2) is 24.3 Å². The van der Waals surface area contributed by atoms with Crippen molar-refractivity contribution in [2.75, 3.05) is 13.2 Å². The maximum Gasteiger partial charge on any atom is 0.254 e. The SMILES string of the molecule is O=C(c1ccc(Cl)cc1)N1CCCCC1CO. The standard InChI is InChI=1S/C13H16ClNO2/c14-11-6-4-10(5-7-11)13(17)15-8-2-1-3-12(15)9-16/h4-7,12,16H,1-3,8-9H2. The monoisotopic (exact) mass is 253 g/mol. The zero-order valence-electron chi connectivity index (χ0n) is 9.60. The third kappa shape index (κ3) is 2.79. The van der Waals surface area contributed by atoms with E-state index in [2.05, 4.69) is 0 Å². The molecule has 0 aromatic heterocycles. The van der Waals surface area contributed by atoms with Crippen molar-refractivity contribution in [1.29, 1.82) is 0 Å². The lowest BCUT2D eigenvalue weighted by Crippen LogP contribution is -2.45. The van der Waals surface area contributed by atoms with Crippen LogP contribution in [0.2, 0.25) is 5.02 Å². The summed E-state index contributed by atoms with van der Waals surface area (Å²) in [4.78, 5) is 14.0. The lowest BCUT2D eigenvalue weighted by molar-refractivity contribution is 0.0503. The first-order valence-electron chi connectivity index (χ1n) is 5.90. The van der Waals surface area contributed by atoms with Crippen molar-refractivity contribution in [2.24, 2.45) is 0 Å². The molecule has 2 rings (SSSR count). The van der Waals surface area contributed by atoms with Gasteiger partial charge in [-0.1, -0.05) is 11.6 Å². The van der Waals surface area contributed by atoms with E-state index in [4.69, 9.17) is 11.6 Å². The predicted octanol–water partition coefficient (Wildman–Crippen LogP) is 2.33. The van der Waals surface area contributed by atoms with Crippen LogP contribution in [0.1, 0.15) is 29.6 Å². The molecule has 1 heterocycles. The zero-order chi connectivity index (χ0) is 12.3. The van der Waals surface area contributed by atoms with Crippen LogP contribution in [0.3, 0.4) is 0 Å². The molecule has 92 valence electrons. The quantitative estimate of drug-likeness (QED) is 0.879. The van der Waals surface area contributed by atoms with E-state index in [-0.39, 0.29) is 18.6 Å². The first kappa shape index (κ1) is 12.4. The molecule has 1 saturated heterocycles. The summed E-state index contributed by atoms with van der Waals surface area (Å²) in [6.45, 7) is 0.770. The second-order valence-electron chi connectivity index (χ2n) is 4.34. The fourth-order valence-electron chi connectivity index (χ4n) is 2.22. The van der Waals surface area contributed by atoms with Crippen LogP contribution >= 0.6 is 11.6 Å². The van der Waals surface area contributed by atoms with E-state index < -0.39 is 0 Å². The van der Waals surface area contributed by atoms with Gasteiger partial charge in [0.05, 0.1) is 12.6 Å². The van der Waals surface area contributed by atoms with Crippen LogP contribution < -0.4 is 0 Å². The number of piperidine rings is 1. The number of benzene rings is 1. The number of rotatable bonds is 2. The van der Waals surface area contributed by atoms with E-state index in [1.807, 2.05) is 0 Å². The van der Waals surface area contributed by atoms with Crippen molar-refractivity contribution in [3.05, 3.63) is 34.9 Å². The van der Waals surface area contributed by atoms with Crippen molar-refractivity contribution in [3.8, 4) is 0 Å². The average molecular weight is 254 g/mol. The Hall–Kier alpha value is -1.06. The van der Waals surface area contributed by atoms with Gasteiger partial charge in [-0.2, -0.15) is 0 Å². The predicted molar refractivity (Wildman–Crippen MR) is 67.2 cm³/mol. The lowest BCUT2D eigenvalue weighted by Gasteiger charge is -2.34. The van der Waals surface area contributed by atoms with E-state index in [1.165, 1.54) is 0 Å². The number of hydrogen-bond acceptors (Lipinski definition) is 2. The number of carbonyl (C=O) groups excluding carboxylic acids is 1. The second-order valence-corrected chi connectivity index (χ2v) is 4.77. The van der Waals surface area contributed by atoms with Gasteiger partial charge in [0, 0.05) is 17.1 Å². The van der Waals surface area contributed by atoms with E-state index in [1.54, 1.807) is 29.2 Å². The summed E-state index contributed by atoms with van der Waals surface area (Å²) in [5, 5.41) is 9.91. The fourth-order valence-corrected chi connectivity index (χ4v) is 2.34. The molecule has 1 N–H and O–H groups in total. The second kappa shape index (κ2) is 5.52. The van der Waals surface area contributed by atoms with Gasteiger partial charge >= 0.3 is 0 Å². The Labute approximate surface area is 106 Å². The molecule has 0 aliphatic carbocycles. The molecular formula is C13H16ClNO2. The number of nitrogens with zero attached hydrogens (tertiary/aromatic N) is 1. The minimum absolute atomic E-state index is 0.0135. The number of aliphatic hydroxyl groups is 1. The van der Waals surface area contributed by atoms with Gasteiger partial charge in [0.25, 0.3) is 5.91 Å². The van der Waals surface area contributed by atoms with E-state index in [0.717, 1.165) is 25.8 Å². The van der Waals surface area contributed by atoms with Crippen molar-refractivity contribution >= 4 is 17.5 Å². The Kier molecular flexibility index (Phi) is 4.02. The minimum Gasteiger partial charge on any atom is -0.394 e. The molecule has 17 heavy (non-hydrogen) atoms. The molecule has 0 saturated carbocycles. The third-order valence-electron chi connectivity index (χ3n) is 3.19. The van der Waals surface area contributed by atoms with Gasteiger partial charge in [-0.3, -0.25) is 4.79 Å². The highest BCUT2D eigenvalue weighted by molar-refractivity contribution is 6.30. The van der Waals surface area contributed by atoms with Crippen LogP contribution in [0.5, 0.6) is 0 Å². The number of amides is 1. The highest BCUT2D eigenvalue weighted by Crippen LogP contribution is 2.20. The van der Waals surface area contributed by atoms with E-state index in [0.29, 0.717) is 10.6 Å². The Balaban J connectivity index is 2.15. The van der Waals surface area contributed by atoms with Gasteiger partial charge < -0.3 is 10.0 Å². The molecular weight excluding hydrogens is 238 g/mol. The molecule has 1 amide bonds. The Bertz CT molecular complexity index is 391. The zero-order valence-corrected chi connectivity index (χ0v) is 10.4. The molecule has 1 aromatic rings. The lowest BCUT2D eigenvalue weighted by atomic mass is 10.0. The van der Waals surface area contributed by atoms with Gasteiger partial charge in [-0.05, 0) is 43.5 Å². The molecule has 1 aliphatic heterocycles. The highest BCUT2D eigenvalue weighted by Gasteiger charge is 2.26. The van der Waals surface area contributed by atoms with Gasteiger partial charge in [-0.15, -0.1) is 0 Å². The van der Waals surface area contributed by atoms with Crippen LogP contribution in [-0.4, -0.2) is 35.1 Å². The number of carbonyl (C=O) groups is 1. The molecule has 3 nitrogen and oxygen atoms in total. The number of aliphatic hydroxyl groups excluding tert-OH is 1. The van der Waals surface area contributed by atoms with Gasteiger partial charge in [0.2, 0.25) is 0 Å². The van der Waals surface area contributed by atoms with E-state index >= 15 is 0 Å². The summed E-state index contributed by atoms with van der Waals surface area (Å²) < 4.78 is 0. The van der Waals surface area contributed by atoms with Crippen LogP contribution in [0.4, 0.5) is 0 Å². The molecule has 0 spiro atoms. The maximum absolute atomic E-state index is 12.3. The molecule has 1 atom stereocenters. The topological polar surface area (TPSA) is 40.5 Å². The van der Waals surface area contributed by atoms with Gasteiger partial charge in [0.1, 0.15) is 0 Å². The van der Waals surface area contributed by atoms with Gasteiger partial charge in [-0.25, -0.2) is 0 Å². The summed E-state index contributed by atoms with van der Waals surface area (Å²) in [6.07, 6.45) is 2.97. The molecule has 4 heteroatoms. The van der Waals surface area contributed by atoms with Crippen molar-refractivity contribution < 1.29 is 9.90 Å². The average Bonchev–Trinajstić information content (AvgIpc) is 2.39. The molecule has 1 unspecified atom stereocenters. The Morgan fingerprint density at radius 2 is 2.06 bits per heavy atom. The van der Waals surface area contributed by atoms with Crippen LogP contribution in [-0.2, 0) is 0 Å². The summed E-state index contributed by atoms with van der Waals surface area (Å²) in [6, 6.07) is 6.85. The van der Waals surface area contributed by atoms with Crippen molar-refractivity contribution in [3.63, 3.8) is 0 Å². The number of likely N-dealkylation sites (tertiary alicyclic amines) is 1. The van der Waals surface area contributed by atoms with E-state index in [9.17, 15) is 9.90 Å². The van der Waals surface area contributed by atoms with Crippen LogP contribution in [0.25, 0.3) is 0 Å². The minimum atomic E-state index is -0.0353. The number of hydrogen-bond donors (Lipinski definition) is 1. The maximum atomic E-state index is 12.3. The number of halogens is 1. The Morgan fingerprint density at radius 1 is 1.35 bits per heavy atom. The summed E-state index contributed by atoms with van der Waals surface area (Å²) in [7, 11) is 0. The fraction of sp³-hybridized carbons (Fsp3) is 0.462. The summed E-state index contributed by atoms with van der Waals surface area (Å²) >= 11 is 5.79. The van der Waals surface area contributed by atoms with Crippen molar-refractivity contribution in [2.45, 2.75) is 25.3 Å². The smallest absolute Gasteiger partial charge is 0.254 e. The van der Waals surface area contributed by atoms with Gasteiger partial charge in [0.15, 0.2) is 0 Å². The Morgan fingerprint density at radius 3 is 2.71 bits per heavy atom. The highest BCUT2D eigenvalue weighted by atomic mass is 35.5.